The van der Waals surface area contributed by atoms with Crippen LogP contribution in [-0.4, -0.2) is 47.0 Å². The van der Waals surface area contributed by atoms with Crippen molar-refractivity contribution in [2.24, 2.45) is 0 Å². The van der Waals surface area contributed by atoms with Crippen molar-refractivity contribution in [2.75, 3.05) is 19.6 Å². The fourth-order valence-corrected chi connectivity index (χ4v) is 2.72. The molecule has 1 saturated heterocycles. The van der Waals surface area contributed by atoms with Gasteiger partial charge in [0.2, 0.25) is 0 Å². The van der Waals surface area contributed by atoms with E-state index in [0.717, 1.165) is 5.56 Å². The van der Waals surface area contributed by atoms with Crippen LogP contribution in [0.2, 0.25) is 0 Å². The molecule has 2 amide bonds. The molecule has 0 saturated carbocycles. The largest absolute Gasteiger partial charge is 0.328 e. The molecular formula is C19H17FN2O3. The number of ketones is 1. The molecule has 0 unspecified atom stereocenters. The van der Waals surface area contributed by atoms with E-state index in [1.165, 1.54) is 34.1 Å². The van der Waals surface area contributed by atoms with Crippen molar-refractivity contribution in [3.63, 3.8) is 0 Å². The van der Waals surface area contributed by atoms with Gasteiger partial charge < -0.3 is 9.80 Å². The normalized spacial score (nSPS) is 14.8. The summed E-state index contributed by atoms with van der Waals surface area (Å²) in [6.07, 6.45) is 0. The van der Waals surface area contributed by atoms with Gasteiger partial charge in [-0.15, -0.1) is 0 Å². The molecule has 0 spiro atoms. The van der Waals surface area contributed by atoms with Gasteiger partial charge in [-0.1, -0.05) is 30.3 Å². The lowest BCUT2D eigenvalue weighted by atomic mass is 10.1. The molecular weight excluding hydrogens is 323 g/mol. The van der Waals surface area contributed by atoms with E-state index in [0.29, 0.717) is 25.2 Å². The van der Waals surface area contributed by atoms with Gasteiger partial charge in [-0.3, -0.25) is 14.4 Å². The van der Waals surface area contributed by atoms with Crippen LogP contribution in [0.15, 0.2) is 54.6 Å². The van der Waals surface area contributed by atoms with Gasteiger partial charge in [0.15, 0.2) is 5.78 Å². The van der Waals surface area contributed by atoms with Crippen LogP contribution in [-0.2, 0) is 16.1 Å². The number of carbonyl (C=O) groups is 3. The van der Waals surface area contributed by atoms with Crippen molar-refractivity contribution in [2.45, 2.75) is 6.54 Å². The highest BCUT2D eigenvalue weighted by atomic mass is 19.1. The van der Waals surface area contributed by atoms with Crippen LogP contribution in [0.25, 0.3) is 0 Å². The Hall–Kier alpha value is -3.02. The minimum absolute atomic E-state index is 0.185. The number of Topliss-reactive ketones (excluding diaryl/α,β-unsaturated/α-hetero) is 1. The van der Waals surface area contributed by atoms with Crippen molar-refractivity contribution >= 4 is 17.6 Å². The SMILES string of the molecule is O=C(CN1CCN(Cc2ccccc2)C(=O)C1=O)c1ccc(F)cc1. The first-order chi connectivity index (χ1) is 12.0. The van der Waals surface area contributed by atoms with Crippen molar-refractivity contribution in [3.05, 3.63) is 71.5 Å². The molecule has 5 nitrogen and oxygen atoms in total. The molecule has 25 heavy (non-hydrogen) atoms. The maximum Gasteiger partial charge on any atom is 0.312 e. The molecule has 6 heteroatoms. The third-order valence-corrected chi connectivity index (χ3v) is 4.11. The van der Waals surface area contributed by atoms with Gasteiger partial charge >= 0.3 is 11.8 Å². The fraction of sp³-hybridized carbons (Fsp3) is 0.211. The average molecular weight is 340 g/mol. The van der Waals surface area contributed by atoms with Gasteiger partial charge in [0.1, 0.15) is 5.82 Å². The summed E-state index contributed by atoms with van der Waals surface area (Å²) in [5.41, 5.74) is 1.26. The van der Waals surface area contributed by atoms with Crippen LogP contribution >= 0.6 is 0 Å². The lowest BCUT2D eigenvalue weighted by Gasteiger charge is -2.33. The van der Waals surface area contributed by atoms with E-state index in [-0.39, 0.29) is 12.3 Å². The second kappa shape index (κ2) is 7.25. The summed E-state index contributed by atoms with van der Waals surface area (Å²) in [5, 5.41) is 0. The Kier molecular flexibility index (Phi) is 4.88. The molecule has 0 bridgehead atoms. The van der Waals surface area contributed by atoms with Crippen LogP contribution in [0.5, 0.6) is 0 Å². The van der Waals surface area contributed by atoms with Crippen molar-refractivity contribution in [3.8, 4) is 0 Å². The fourth-order valence-electron chi connectivity index (χ4n) is 2.72. The van der Waals surface area contributed by atoms with Gasteiger partial charge in [0, 0.05) is 25.2 Å². The van der Waals surface area contributed by atoms with Gasteiger partial charge in [-0.25, -0.2) is 4.39 Å². The highest BCUT2D eigenvalue weighted by Gasteiger charge is 2.33. The predicted octanol–water partition coefficient (Wildman–Crippen LogP) is 1.88. The number of piperazine rings is 1. The number of amides is 2. The zero-order valence-electron chi connectivity index (χ0n) is 13.5. The molecule has 0 N–H and O–H groups in total. The molecule has 0 radical (unpaired) electrons. The molecule has 2 aromatic rings. The molecule has 1 aliphatic heterocycles. The van der Waals surface area contributed by atoms with Crippen LogP contribution < -0.4 is 0 Å². The number of carbonyl (C=O) groups excluding carboxylic acids is 3. The van der Waals surface area contributed by atoms with Crippen molar-refractivity contribution in [1.82, 2.24) is 9.80 Å². The summed E-state index contributed by atoms with van der Waals surface area (Å²) >= 11 is 0. The lowest BCUT2D eigenvalue weighted by molar-refractivity contribution is -0.156. The van der Waals surface area contributed by atoms with Crippen molar-refractivity contribution in [1.29, 1.82) is 0 Å². The van der Waals surface area contributed by atoms with E-state index in [4.69, 9.17) is 0 Å². The summed E-state index contributed by atoms with van der Waals surface area (Å²) in [6.45, 7) is 0.848. The molecule has 1 aliphatic rings. The molecule has 1 heterocycles. The third-order valence-electron chi connectivity index (χ3n) is 4.11. The summed E-state index contributed by atoms with van der Waals surface area (Å²) in [7, 11) is 0. The summed E-state index contributed by atoms with van der Waals surface area (Å²) in [4.78, 5) is 39.5. The number of nitrogens with zero attached hydrogens (tertiary/aromatic N) is 2. The minimum atomic E-state index is -0.683. The van der Waals surface area contributed by atoms with Crippen LogP contribution in [0, 0.1) is 5.82 Å². The predicted molar refractivity (Wildman–Crippen MR) is 89.2 cm³/mol. The maximum absolute atomic E-state index is 12.9. The molecule has 0 aliphatic carbocycles. The van der Waals surface area contributed by atoms with Gasteiger partial charge in [-0.2, -0.15) is 0 Å². The number of hydrogen-bond acceptors (Lipinski definition) is 3. The standard InChI is InChI=1S/C19H17FN2O3/c20-16-8-6-15(7-9-16)17(23)13-22-11-10-21(18(24)19(22)25)12-14-4-2-1-3-5-14/h1-9H,10-13H2. The van der Waals surface area contributed by atoms with E-state index in [2.05, 4.69) is 0 Å². The van der Waals surface area contributed by atoms with E-state index in [9.17, 15) is 18.8 Å². The van der Waals surface area contributed by atoms with Gasteiger partial charge in [0.05, 0.1) is 6.54 Å². The van der Waals surface area contributed by atoms with Crippen molar-refractivity contribution < 1.29 is 18.8 Å². The molecule has 128 valence electrons. The maximum atomic E-state index is 12.9. The smallest absolute Gasteiger partial charge is 0.312 e. The molecule has 2 aromatic carbocycles. The quantitative estimate of drug-likeness (QED) is 0.617. The van der Waals surface area contributed by atoms with Crippen LogP contribution in [0.3, 0.4) is 0 Å². The Morgan fingerprint density at radius 1 is 0.880 bits per heavy atom. The Morgan fingerprint density at radius 2 is 1.48 bits per heavy atom. The highest BCUT2D eigenvalue weighted by molar-refractivity contribution is 6.35. The van der Waals surface area contributed by atoms with E-state index in [1.54, 1.807) is 0 Å². The first kappa shape index (κ1) is 16.8. The Balaban J connectivity index is 1.62. The Morgan fingerprint density at radius 3 is 2.16 bits per heavy atom. The number of benzene rings is 2. The minimum Gasteiger partial charge on any atom is -0.328 e. The van der Waals surface area contributed by atoms with E-state index >= 15 is 0 Å². The first-order valence-electron chi connectivity index (χ1n) is 7.95. The second-order valence-corrected chi connectivity index (χ2v) is 5.87. The topological polar surface area (TPSA) is 57.7 Å². The highest BCUT2D eigenvalue weighted by Crippen LogP contribution is 2.12. The average Bonchev–Trinajstić information content (AvgIpc) is 2.63. The van der Waals surface area contributed by atoms with E-state index < -0.39 is 17.6 Å². The Bertz CT molecular complexity index is 790. The number of halogens is 1. The van der Waals surface area contributed by atoms with Crippen LogP contribution in [0.1, 0.15) is 15.9 Å². The number of hydrogen-bond donors (Lipinski definition) is 0. The summed E-state index contributed by atoms with van der Waals surface area (Å²) < 4.78 is 12.9. The molecule has 1 fully saturated rings. The molecule has 0 atom stereocenters. The summed E-state index contributed by atoms with van der Waals surface area (Å²) in [5.74, 6) is -2.05. The van der Waals surface area contributed by atoms with E-state index in [1.807, 2.05) is 30.3 Å². The third kappa shape index (κ3) is 3.91. The molecule has 3 rings (SSSR count). The van der Waals surface area contributed by atoms with Gasteiger partial charge in [0.25, 0.3) is 0 Å². The van der Waals surface area contributed by atoms with Gasteiger partial charge in [-0.05, 0) is 29.8 Å². The Labute approximate surface area is 144 Å². The monoisotopic (exact) mass is 340 g/mol. The lowest BCUT2D eigenvalue weighted by Crippen LogP contribution is -2.55. The van der Waals surface area contributed by atoms with Crippen LogP contribution in [0.4, 0.5) is 4.39 Å². The zero-order chi connectivity index (χ0) is 17.8. The molecule has 0 aromatic heterocycles. The second-order valence-electron chi connectivity index (χ2n) is 5.87. The summed E-state index contributed by atoms with van der Waals surface area (Å²) in [6, 6.07) is 14.5. The zero-order valence-corrected chi connectivity index (χ0v) is 13.5. The first-order valence-corrected chi connectivity index (χ1v) is 7.95. The number of rotatable bonds is 5.